The topological polar surface area (TPSA) is 46.4 Å². The van der Waals surface area contributed by atoms with Crippen LogP contribution in [-0.4, -0.2) is 16.2 Å². The average molecular weight is 351 g/mol. The van der Waals surface area contributed by atoms with Crippen LogP contribution in [0, 0.1) is 19.8 Å². The van der Waals surface area contributed by atoms with E-state index >= 15 is 0 Å². The van der Waals surface area contributed by atoms with E-state index in [0.29, 0.717) is 5.56 Å². The molecule has 1 aromatic carbocycles. The van der Waals surface area contributed by atoms with Gasteiger partial charge >= 0.3 is 0 Å². The summed E-state index contributed by atoms with van der Waals surface area (Å²) in [6, 6.07) is 11.9. The van der Waals surface area contributed by atoms with Crippen LogP contribution in [0.1, 0.15) is 67.2 Å². The normalized spacial score (nSPS) is 17.2. The first-order valence-corrected chi connectivity index (χ1v) is 9.69. The van der Waals surface area contributed by atoms with Crippen LogP contribution in [0.2, 0.25) is 0 Å². The number of carbonyl (C=O) groups is 1. The Balaban J connectivity index is 1.60. The van der Waals surface area contributed by atoms with E-state index in [9.17, 15) is 4.79 Å². The van der Waals surface area contributed by atoms with Gasteiger partial charge in [-0.3, -0.25) is 4.79 Å². The first-order valence-electron chi connectivity index (χ1n) is 9.69. The van der Waals surface area contributed by atoms with Crippen LogP contribution in [0.5, 0.6) is 0 Å². The van der Waals surface area contributed by atoms with E-state index in [2.05, 4.69) is 48.0 Å². The molecule has 0 bridgehead atoms. The van der Waals surface area contributed by atoms with Gasteiger partial charge in [-0.1, -0.05) is 19.8 Å². The van der Waals surface area contributed by atoms with Crippen LogP contribution in [0.25, 0.3) is 5.69 Å². The number of hydrogen-bond donors (Lipinski definition) is 1. The van der Waals surface area contributed by atoms with Crippen molar-refractivity contribution < 1.29 is 4.79 Å². The van der Waals surface area contributed by atoms with Crippen LogP contribution in [0.4, 0.5) is 0 Å². The van der Waals surface area contributed by atoms with Crippen molar-refractivity contribution in [2.24, 2.45) is 11.0 Å². The van der Waals surface area contributed by atoms with Gasteiger partial charge < -0.3 is 4.57 Å². The van der Waals surface area contributed by atoms with Crippen LogP contribution in [0.3, 0.4) is 0 Å². The van der Waals surface area contributed by atoms with Gasteiger partial charge in [0.15, 0.2) is 0 Å². The summed E-state index contributed by atoms with van der Waals surface area (Å²) in [6.07, 6.45) is 6.99. The summed E-state index contributed by atoms with van der Waals surface area (Å²) in [7, 11) is 0. The molecule has 1 saturated carbocycles. The number of benzene rings is 1. The average Bonchev–Trinajstić information content (AvgIpc) is 3.00. The lowest BCUT2D eigenvalue weighted by Crippen LogP contribution is -2.22. The summed E-state index contributed by atoms with van der Waals surface area (Å²) in [5.41, 5.74) is 7.94. The second-order valence-corrected chi connectivity index (χ2v) is 7.35. The smallest absolute Gasteiger partial charge is 0.271 e. The maximum Gasteiger partial charge on any atom is 0.271 e. The largest absolute Gasteiger partial charge is 0.319 e. The zero-order chi connectivity index (χ0) is 18.5. The van der Waals surface area contributed by atoms with Gasteiger partial charge in [-0.2, -0.15) is 5.10 Å². The number of nitrogens with one attached hydrogen (secondary N) is 1. The molecule has 1 aromatic heterocycles. The number of rotatable bonds is 5. The van der Waals surface area contributed by atoms with Crippen molar-refractivity contribution in [3.8, 4) is 5.69 Å². The number of nitrogens with zero attached hydrogens (tertiary/aromatic N) is 2. The molecule has 4 nitrogen and oxygen atoms in total. The highest BCUT2D eigenvalue weighted by molar-refractivity contribution is 5.95. The van der Waals surface area contributed by atoms with Gasteiger partial charge in [-0.15, -0.1) is 0 Å². The van der Waals surface area contributed by atoms with Gasteiger partial charge in [-0.05, 0) is 81.8 Å². The lowest BCUT2D eigenvalue weighted by Gasteiger charge is -2.22. The van der Waals surface area contributed by atoms with Crippen molar-refractivity contribution in [1.82, 2.24) is 9.99 Å². The van der Waals surface area contributed by atoms with Crippen LogP contribution in [0.15, 0.2) is 41.5 Å². The number of amides is 1. The zero-order valence-corrected chi connectivity index (χ0v) is 16.1. The minimum Gasteiger partial charge on any atom is -0.319 e. The molecular weight excluding hydrogens is 322 g/mol. The van der Waals surface area contributed by atoms with E-state index in [0.717, 1.165) is 30.2 Å². The molecule has 0 spiro atoms. The molecule has 1 amide bonds. The van der Waals surface area contributed by atoms with Crippen LogP contribution < -0.4 is 5.43 Å². The van der Waals surface area contributed by atoms with Gasteiger partial charge in [0.1, 0.15) is 0 Å². The van der Waals surface area contributed by atoms with Gasteiger partial charge in [0, 0.05) is 28.4 Å². The number of hydrogen-bond acceptors (Lipinski definition) is 2. The predicted octanol–water partition coefficient (Wildman–Crippen LogP) is 5.17. The summed E-state index contributed by atoms with van der Waals surface area (Å²) >= 11 is 0. The van der Waals surface area contributed by atoms with E-state index in [1.54, 1.807) is 0 Å². The quantitative estimate of drug-likeness (QED) is 0.742. The molecule has 0 radical (unpaired) electrons. The minimum absolute atomic E-state index is 0.138. The molecule has 4 heteroatoms. The van der Waals surface area contributed by atoms with Gasteiger partial charge in [-0.25, -0.2) is 5.43 Å². The van der Waals surface area contributed by atoms with Crippen molar-refractivity contribution in [3.05, 3.63) is 53.3 Å². The molecule has 0 aliphatic heterocycles. The Bertz CT molecular complexity index is 757. The molecule has 138 valence electrons. The van der Waals surface area contributed by atoms with Gasteiger partial charge in [0.05, 0.1) is 0 Å². The van der Waals surface area contributed by atoms with Crippen molar-refractivity contribution in [3.63, 3.8) is 0 Å². The summed E-state index contributed by atoms with van der Waals surface area (Å²) in [6.45, 7) is 6.41. The number of aryl methyl sites for hydroxylation is 2. The maximum absolute atomic E-state index is 12.4. The molecule has 1 fully saturated rings. The Morgan fingerprint density at radius 3 is 2.27 bits per heavy atom. The summed E-state index contributed by atoms with van der Waals surface area (Å²) in [5.74, 6) is 0.698. The van der Waals surface area contributed by atoms with E-state index in [1.165, 1.54) is 37.1 Å². The van der Waals surface area contributed by atoms with E-state index in [1.807, 2.05) is 24.3 Å². The summed E-state index contributed by atoms with van der Waals surface area (Å²) in [4.78, 5) is 12.4. The van der Waals surface area contributed by atoms with E-state index in [-0.39, 0.29) is 5.91 Å². The third-order valence-corrected chi connectivity index (χ3v) is 5.35. The van der Waals surface area contributed by atoms with E-state index < -0.39 is 0 Å². The second-order valence-electron chi connectivity index (χ2n) is 7.35. The monoisotopic (exact) mass is 351 g/mol. The first-order chi connectivity index (χ1) is 12.6. The third kappa shape index (κ3) is 4.24. The third-order valence-electron chi connectivity index (χ3n) is 5.35. The Hall–Kier alpha value is -2.36. The number of carbonyl (C=O) groups excluding carboxylic acids is 1. The highest BCUT2D eigenvalue weighted by Gasteiger charge is 2.17. The van der Waals surface area contributed by atoms with Crippen molar-refractivity contribution in [2.45, 2.75) is 59.3 Å². The molecule has 0 saturated heterocycles. The van der Waals surface area contributed by atoms with Crippen molar-refractivity contribution in [2.75, 3.05) is 0 Å². The fraction of sp³-hybridized carbons (Fsp3) is 0.455. The highest BCUT2D eigenvalue weighted by atomic mass is 16.2. The Morgan fingerprint density at radius 1 is 1.08 bits per heavy atom. The molecule has 2 aromatic rings. The lowest BCUT2D eigenvalue weighted by atomic mass is 9.85. The molecule has 1 aliphatic rings. The Kier molecular flexibility index (Phi) is 5.92. The summed E-state index contributed by atoms with van der Waals surface area (Å²) in [5, 5.41) is 4.37. The fourth-order valence-electron chi connectivity index (χ4n) is 3.85. The number of aromatic nitrogens is 1. The fourth-order valence-corrected chi connectivity index (χ4v) is 3.85. The van der Waals surface area contributed by atoms with Crippen molar-refractivity contribution >= 4 is 11.6 Å². The molecule has 26 heavy (non-hydrogen) atoms. The molecule has 3 rings (SSSR count). The molecule has 0 atom stereocenters. The first kappa shape index (κ1) is 18.4. The molecule has 1 heterocycles. The number of hydrazone groups is 1. The Morgan fingerprint density at radius 2 is 1.69 bits per heavy atom. The van der Waals surface area contributed by atoms with Crippen LogP contribution in [-0.2, 0) is 0 Å². The Labute approximate surface area is 156 Å². The lowest BCUT2D eigenvalue weighted by molar-refractivity contribution is 0.0954. The van der Waals surface area contributed by atoms with Crippen LogP contribution >= 0.6 is 0 Å². The maximum atomic E-state index is 12.4. The standard InChI is InChI=1S/C22H29N3O/c1-4-5-18-8-12-20(13-9-18)23-24-22(26)19-10-14-21(15-11-19)25-16(2)6-7-17(25)3/h6-7,10-11,14-15,18H,4-5,8-9,12-13H2,1-3H3,(H,24,26). The molecular formula is C22H29N3O. The SMILES string of the molecule is CCCC1CCC(=NNC(=O)c2ccc(-n3c(C)ccc3C)cc2)CC1. The predicted molar refractivity (Wildman–Crippen MR) is 107 cm³/mol. The van der Waals surface area contributed by atoms with Gasteiger partial charge in [0.2, 0.25) is 0 Å². The zero-order valence-electron chi connectivity index (χ0n) is 16.1. The minimum atomic E-state index is -0.138. The van der Waals surface area contributed by atoms with Crippen molar-refractivity contribution in [1.29, 1.82) is 0 Å². The van der Waals surface area contributed by atoms with E-state index in [4.69, 9.17) is 0 Å². The second kappa shape index (κ2) is 8.35. The molecule has 0 unspecified atom stereocenters. The summed E-state index contributed by atoms with van der Waals surface area (Å²) < 4.78 is 2.18. The molecule has 1 N–H and O–H groups in total. The molecule has 1 aliphatic carbocycles. The van der Waals surface area contributed by atoms with Gasteiger partial charge in [0.25, 0.3) is 5.91 Å². The highest BCUT2D eigenvalue weighted by Crippen LogP contribution is 2.26.